The molecule has 2 nitrogen and oxygen atoms in total. The number of hydrogen-bond acceptors (Lipinski definition) is 3. The van der Waals surface area contributed by atoms with Gasteiger partial charge in [0.25, 0.3) is 5.92 Å². The van der Waals surface area contributed by atoms with Crippen LogP contribution in [0.4, 0.5) is 8.78 Å². The van der Waals surface area contributed by atoms with E-state index >= 15 is 0 Å². The van der Waals surface area contributed by atoms with Gasteiger partial charge in [-0.05, 0) is 26.0 Å². The van der Waals surface area contributed by atoms with Crippen molar-refractivity contribution >= 4 is 28.0 Å². The lowest BCUT2D eigenvalue weighted by molar-refractivity contribution is -0.0677. The van der Waals surface area contributed by atoms with Crippen molar-refractivity contribution in [2.24, 2.45) is 4.99 Å². The van der Waals surface area contributed by atoms with Crippen molar-refractivity contribution < 1.29 is 8.78 Å². The molecule has 0 amide bonds. The molecule has 1 aliphatic heterocycles. The molecule has 0 fully saturated rings. The maximum atomic E-state index is 14.6. The van der Waals surface area contributed by atoms with Gasteiger partial charge in [-0.15, -0.1) is 0 Å². The van der Waals surface area contributed by atoms with Gasteiger partial charge in [0.1, 0.15) is 5.54 Å². The van der Waals surface area contributed by atoms with E-state index in [1.54, 1.807) is 11.6 Å². The summed E-state index contributed by atoms with van der Waals surface area (Å²) in [5.41, 5.74) is 1.33. The number of hydrogen-bond donors (Lipinski definition) is 0. The summed E-state index contributed by atoms with van der Waals surface area (Å²) >= 11 is 1.28. The van der Waals surface area contributed by atoms with Crippen LogP contribution in [0.15, 0.2) is 52.3 Å². The van der Waals surface area contributed by atoms with Gasteiger partial charge in [0, 0.05) is 39.0 Å². The number of alkyl halides is 2. The Morgan fingerprint density at radius 1 is 1.09 bits per heavy atom. The van der Waals surface area contributed by atoms with Crippen LogP contribution in [-0.2, 0) is 5.92 Å². The van der Waals surface area contributed by atoms with E-state index in [9.17, 15) is 8.78 Å². The average Bonchev–Trinajstić information content (AvgIpc) is 3.01. The van der Waals surface area contributed by atoms with Crippen molar-refractivity contribution in [3.05, 3.63) is 64.0 Å². The van der Waals surface area contributed by atoms with E-state index < -0.39 is 11.5 Å². The summed E-state index contributed by atoms with van der Waals surface area (Å²) in [5, 5.41) is 4.24. The summed E-state index contributed by atoms with van der Waals surface area (Å²) in [6.45, 7) is 2.95. The van der Waals surface area contributed by atoms with E-state index in [4.69, 9.17) is 0 Å². The summed E-state index contributed by atoms with van der Waals surface area (Å²) in [7, 11) is 0. The van der Waals surface area contributed by atoms with Gasteiger partial charge < -0.3 is 0 Å². The number of benzene rings is 1. The van der Waals surface area contributed by atoms with Crippen LogP contribution in [0.1, 0.15) is 30.5 Å². The Morgan fingerprint density at radius 3 is 2.70 bits per heavy atom. The van der Waals surface area contributed by atoms with Crippen LogP contribution in [-0.4, -0.2) is 16.2 Å². The van der Waals surface area contributed by atoms with Crippen molar-refractivity contribution in [1.82, 2.24) is 4.98 Å². The van der Waals surface area contributed by atoms with Crippen LogP contribution in [0, 0.1) is 0 Å². The highest BCUT2D eigenvalue weighted by atomic mass is 32.1. The first-order valence-corrected chi connectivity index (χ1v) is 8.24. The first-order chi connectivity index (χ1) is 10.9. The standard InChI is InChI=1S/C18H14F2N2S/c1-17(2)18(19,20)14-10-23-9-13(14)16(22-17)12-7-11-5-3-4-6-15(11)21-8-12/h3-10H,1-2H3. The summed E-state index contributed by atoms with van der Waals surface area (Å²) < 4.78 is 29.3. The first kappa shape index (κ1) is 14.5. The number of halogens is 2. The van der Waals surface area contributed by atoms with Gasteiger partial charge in [-0.1, -0.05) is 18.2 Å². The normalized spacial score (nSPS) is 18.5. The number of pyridine rings is 1. The Bertz CT molecular complexity index is 941. The molecule has 0 N–H and O–H groups in total. The fourth-order valence-corrected chi connectivity index (χ4v) is 3.74. The predicted molar refractivity (Wildman–Crippen MR) is 89.7 cm³/mol. The highest BCUT2D eigenvalue weighted by molar-refractivity contribution is 7.08. The van der Waals surface area contributed by atoms with Gasteiger partial charge >= 0.3 is 0 Å². The smallest absolute Gasteiger partial charge is 0.271 e. The van der Waals surface area contributed by atoms with Crippen molar-refractivity contribution in [3.8, 4) is 0 Å². The molecule has 5 heteroatoms. The lowest BCUT2D eigenvalue weighted by atomic mass is 9.84. The van der Waals surface area contributed by atoms with Crippen molar-refractivity contribution in [3.63, 3.8) is 0 Å². The molecular weight excluding hydrogens is 314 g/mol. The van der Waals surface area contributed by atoms with Crippen LogP contribution in [0.2, 0.25) is 0 Å². The molecule has 0 radical (unpaired) electrons. The van der Waals surface area contributed by atoms with Crippen molar-refractivity contribution in [2.45, 2.75) is 25.3 Å². The van der Waals surface area contributed by atoms with E-state index in [2.05, 4.69) is 9.98 Å². The summed E-state index contributed by atoms with van der Waals surface area (Å²) in [5.74, 6) is -2.98. The number of aromatic nitrogens is 1. The lowest BCUT2D eigenvalue weighted by Gasteiger charge is -2.35. The summed E-state index contributed by atoms with van der Waals surface area (Å²) in [4.78, 5) is 8.82. The number of rotatable bonds is 1. The molecule has 23 heavy (non-hydrogen) atoms. The molecule has 2 aromatic heterocycles. The molecule has 3 aromatic rings. The Hall–Kier alpha value is -2.14. The topological polar surface area (TPSA) is 25.2 Å². The van der Waals surface area contributed by atoms with Crippen molar-refractivity contribution in [1.29, 1.82) is 0 Å². The minimum atomic E-state index is -2.98. The van der Waals surface area contributed by atoms with Crippen LogP contribution in [0.5, 0.6) is 0 Å². The molecular formula is C18H14F2N2S. The quantitative estimate of drug-likeness (QED) is 0.616. The van der Waals surface area contributed by atoms with Crippen LogP contribution in [0.25, 0.3) is 10.9 Å². The third kappa shape index (κ3) is 2.03. The van der Waals surface area contributed by atoms with Crippen molar-refractivity contribution in [2.75, 3.05) is 0 Å². The molecule has 1 aromatic carbocycles. The highest BCUT2D eigenvalue weighted by Gasteiger charge is 2.53. The number of nitrogens with zero attached hydrogens (tertiary/aromatic N) is 2. The van der Waals surface area contributed by atoms with Gasteiger partial charge in [-0.2, -0.15) is 20.1 Å². The van der Waals surface area contributed by atoms with Gasteiger partial charge in [0.05, 0.1) is 11.2 Å². The maximum absolute atomic E-state index is 14.6. The minimum Gasteiger partial charge on any atom is -0.271 e. The molecule has 4 rings (SSSR count). The zero-order valence-electron chi connectivity index (χ0n) is 12.7. The second-order valence-electron chi connectivity index (χ2n) is 6.21. The lowest BCUT2D eigenvalue weighted by Crippen LogP contribution is -2.43. The predicted octanol–water partition coefficient (Wildman–Crippen LogP) is 5.02. The molecule has 0 aliphatic carbocycles. The molecule has 0 unspecified atom stereocenters. The number of thiophene rings is 1. The number of aliphatic imine (C=N–C) groups is 1. The second-order valence-corrected chi connectivity index (χ2v) is 6.95. The Labute approximate surface area is 136 Å². The minimum absolute atomic E-state index is 0.0608. The second kappa shape index (κ2) is 4.68. The average molecular weight is 328 g/mol. The fraction of sp³-hybridized carbons (Fsp3) is 0.222. The Kier molecular flexibility index (Phi) is 2.94. The zero-order chi connectivity index (χ0) is 16.2. The molecule has 0 bridgehead atoms. The maximum Gasteiger partial charge on any atom is 0.298 e. The van der Waals surface area contributed by atoms with Crippen LogP contribution < -0.4 is 0 Å². The number of fused-ring (bicyclic) bond motifs is 2. The third-order valence-corrected chi connectivity index (χ3v) is 5.02. The third-order valence-electron chi connectivity index (χ3n) is 4.28. The molecule has 0 atom stereocenters. The van der Waals surface area contributed by atoms with Gasteiger partial charge in [-0.25, -0.2) is 0 Å². The van der Waals surface area contributed by atoms with Crippen LogP contribution >= 0.6 is 11.3 Å². The molecule has 0 saturated carbocycles. The largest absolute Gasteiger partial charge is 0.298 e. The summed E-state index contributed by atoms with van der Waals surface area (Å²) in [6, 6.07) is 9.71. The molecule has 1 aliphatic rings. The summed E-state index contributed by atoms with van der Waals surface area (Å²) in [6.07, 6.45) is 1.71. The number of para-hydroxylation sites is 1. The molecule has 0 saturated heterocycles. The zero-order valence-corrected chi connectivity index (χ0v) is 13.5. The monoisotopic (exact) mass is 328 g/mol. The van der Waals surface area contributed by atoms with Crippen LogP contribution in [0.3, 0.4) is 0 Å². The SMILES string of the molecule is CC1(C)N=C(c2cnc3ccccc3c2)c2cscc2C1(F)F. The van der Waals surface area contributed by atoms with E-state index in [0.717, 1.165) is 16.5 Å². The van der Waals surface area contributed by atoms with E-state index in [-0.39, 0.29) is 5.56 Å². The molecule has 116 valence electrons. The van der Waals surface area contributed by atoms with E-state index in [1.807, 2.05) is 30.3 Å². The van der Waals surface area contributed by atoms with E-state index in [0.29, 0.717) is 11.3 Å². The molecule has 3 heterocycles. The van der Waals surface area contributed by atoms with Gasteiger partial charge in [-0.3, -0.25) is 9.98 Å². The first-order valence-electron chi connectivity index (χ1n) is 7.30. The Morgan fingerprint density at radius 2 is 1.87 bits per heavy atom. The van der Waals surface area contributed by atoms with Gasteiger partial charge in [0.2, 0.25) is 0 Å². The molecule has 0 spiro atoms. The van der Waals surface area contributed by atoms with E-state index in [1.165, 1.54) is 30.6 Å². The Balaban J connectivity index is 1.95. The van der Waals surface area contributed by atoms with Gasteiger partial charge in [0.15, 0.2) is 0 Å². The highest BCUT2D eigenvalue weighted by Crippen LogP contribution is 2.47. The fourth-order valence-electron chi connectivity index (χ4n) is 2.88.